The Morgan fingerprint density at radius 1 is 1.19 bits per heavy atom. The fraction of sp³-hybridized carbons (Fsp3) is 0.211. The minimum Gasteiger partial charge on any atom is -0.496 e. The Morgan fingerprint density at radius 2 is 2.00 bits per heavy atom. The third-order valence-electron chi connectivity index (χ3n) is 4.00. The molecular weight excluding hydrogens is 354 g/mol. The van der Waals surface area contributed by atoms with E-state index >= 15 is 0 Å². The molecular formula is C19H18ClN3O3. The van der Waals surface area contributed by atoms with Gasteiger partial charge in [0.25, 0.3) is 0 Å². The highest BCUT2D eigenvalue weighted by Crippen LogP contribution is 2.19. The Hall–Kier alpha value is -2.86. The summed E-state index contributed by atoms with van der Waals surface area (Å²) in [6.07, 6.45) is 1.74. The van der Waals surface area contributed by atoms with Crippen LogP contribution in [0.2, 0.25) is 5.02 Å². The first-order valence-electron chi connectivity index (χ1n) is 8.13. The van der Waals surface area contributed by atoms with Gasteiger partial charge in [-0.25, -0.2) is 4.68 Å². The van der Waals surface area contributed by atoms with Gasteiger partial charge in [0.15, 0.2) is 0 Å². The zero-order valence-corrected chi connectivity index (χ0v) is 15.0. The van der Waals surface area contributed by atoms with E-state index in [0.717, 1.165) is 10.9 Å². The van der Waals surface area contributed by atoms with Crippen LogP contribution in [0.5, 0.6) is 5.75 Å². The molecule has 1 N–H and O–H groups in total. The molecule has 26 heavy (non-hydrogen) atoms. The van der Waals surface area contributed by atoms with Gasteiger partial charge in [0.2, 0.25) is 11.8 Å². The summed E-state index contributed by atoms with van der Waals surface area (Å²) in [5.41, 5.74) is 1.51. The summed E-state index contributed by atoms with van der Waals surface area (Å²) in [5.74, 6) is 0.247. The van der Waals surface area contributed by atoms with Gasteiger partial charge in [-0.05, 0) is 24.3 Å². The average molecular weight is 372 g/mol. The lowest BCUT2D eigenvalue weighted by Gasteiger charge is -2.09. The summed E-state index contributed by atoms with van der Waals surface area (Å²) in [6.45, 7) is 0.345. The third-order valence-corrected chi connectivity index (χ3v) is 4.24. The van der Waals surface area contributed by atoms with Crippen LogP contribution in [0.4, 0.5) is 0 Å². The molecule has 0 aliphatic carbocycles. The van der Waals surface area contributed by atoms with Gasteiger partial charge in [-0.1, -0.05) is 29.8 Å². The minimum atomic E-state index is -0.255. The van der Waals surface area contributed by atoms with E-state index in [1.807, 2.05) is 24.3 Å². The monoisotopic (exact) mass is 371 g/mol. The van der Waals surface area contributed by atoms with Crippen molar-refractivity contribution in [2.24, 2.45) is 0 Å². The second-order valence-electron chi connectivity index (χ2n) is 5.74. The molecule has 3 aromatic rings. The van der Waals surface area contributed by atoms with E-state index in [0.29, 0.717) is 22.8 Å². The molecule has 1 heterocycles. The summed E-state index contributed by atoms with van der Waals surface area (Å²) in [7, 11) is 1.58. The number of benzene rings is 2. The third kappa shape index (κ3) is 4.03. The molecule has 0 spiro atoms. The van der Waals surface area contributed by atoms with Gasteiger partial charge in [-0.3, -0.25) is 9.59 Å². The van der Waals surface area contributed by atoms with Crippen LogP contribution in [0.3, 0.4) is 0 Å². The van der Waals surface area contributed by atoms with Crippen molar-refractivity contribution < 1.29 is 14.3 Å². The standard InChI is InChI=1S/C19H18ClN3O3/c1-26-17-5-3-2-4-14(17)11-21-18(24)8-9-19(25)23-16-10-15(20)7-6-13(16)12-22-23/h2-7,10,12H,8-9,11H2,1H3,(H,21,24). The topological polar surface area (TPSA) is 73.2 Å². The molecule has 0 atom stereocenters. The second kappa shape index (κ2) is 8.01. The Bertz CT molecular complexity index is 952. The van der Waals surface area contributed by atoms with Gasteiger partial charge >= 0.3 is 0 Å². The van der Waals surface area contributed by atoms with E-state index in [9.17, 15) is 9.59 Å². The van der Waals surface area contributed by atoms with Crippen molar-refractivity contribution in [3.05, 3.63) is 59.2 Å². The minimum absolute atomic E-state index is 0.0566. The summed E-state index contributed by atoms with van der Waals surface area (Å²) in [4.78, 5) is 24.4. The largest absolute Gasteiger partial charge is 0.496 e. The first kappa shape index (κ1) is 17.9. The van der Waals surface area contributed by atoms with Gasteiger partial charge in [-0.2, -0.15) is 5.10 Å². The van der Waals surface area contributed by atoms with Crippen molar-refractivity contribution >= 4 is 34.3 Å². The van der Waals surface area contributed by atoms with Crippen molar-refractivity contribution in [2.75, 3.05) is 7.11 Å². The molecule has 0 saturated heterocycles. The number of rotatable bonds is 6. The summed E-state index contributed by atoms with van der Waals surface area (Å²) in [5, 5.41) is 8.24. The summed E-state index contributed by atoms with van der Waals surface area (Å²) < 4.78 is 6.53. The summed E-state index contributed by atoms with van der Waals surface area (Å²) >= 11 is 5.98. The normalized spacial score (nSPS) is 10.7. The molecule has 0 fully saturated rings. The molecule has 6 nitrogen and oxygen atoms in total. The van der Waals surface area contributed by atoms with Crippen LogP contribution in [-0.4, -0.2) is 28.7 Å². The number of hydrogen-bond acceptors (Lipinski definition) is 4. The molecule has 0 radical (unpaired) electrons. The van der Waals surface area contributed by atoms with E-state index in [1.165, 1.54) is 4.68 Å². The van der Waals surface area contributed by atoms with Crippen molar-refractivity contribution in [3.63, 3.8) is 0 Å². The maximum Gasteiger partial charge on any atom is 0.247 e. The van der Waals surface area contributed by atoms with E-state index in [-0.39, 0.29) is 24.7 Å². The fourth-order valence-corrected chi connectivity index (χ4v) is 2.81. The zero-order valence-electron chi connectivity index (χ0n) is 14.2. The van der Waals surface area contributed by atoms with Gasteiger partial charge in [0.05, 0.1) is 18.8 Å². The number of halogens is 1. The van der Waals surface area contributed by atoms with Crippen LogP contribution >= 0.6 is 11.6 Å². The molecule has 1 aromatic heterocycles. The number of nitrogens with one attached hydrogen (secondary N) is 1. The molecule has 7 heteroatoms. The average Bonchev–Trinajstić information content (AvgIpc) is 3.07. The van der Waals surface area contributed by atoms with E-state index in [2.05, 4.69) is 10.4 Å². The molecule has 134 valence electrons. The van der Waals surface area contributed by atoms with Crippen molar-refractivity contribution in [2.45, 2.75) is 19.4 Å². The van der Waals surface area contributed by atoms with Gasteiger partial charge < -0.3 is 10.1 Å². The smallest absolute Gasteiger partial charge is 0.247 e. The summed E-state index contributed by atoms with van der Waals surface area (Å²) in [6, 6.07) is 12.7. The van der Waals surface area contributed by atoms with Gasteiger partial charge in [0.1, 0.15) is 5.75 Å². The first-order chi connectivity index (χ1) is 12.6. The van der Waals surface area contributed by atoms with E-state index in [4.69, 9.17) is 16.3 Å². The molecule has 0 unspecified atom stereocenters. The number of hydrogen-bond donors (Lipinski definition) is 1. The van der Waals surface area contributed by atoms with Crippen LogP contribution in [0, 0.1) is 0 Å². The van der Waals surface area contributed by atoms with Crippen molar-refractivity contribution in [3.8, 4) is 5.75 Å². The van der Waals surface area contributed by atoms with Crippen molar-refractivity contribution in [1.29, 1.82) is 0 Å². The highest BCUT2D eigenvalue weighted by atomic mass is 35.5. The number of carbonyl (C=O) groups excluding carboxylic acids is 2. The molecule has 3 rings (SSSR count). The number of ether oxygens (including phenoxy) is 1. The fourth-order valence-electron chi connectivity index (χ4n) is 2.65. The van der Waals surface area contributed by atoms with Crippen LogP contribution in [-0.2, 0) is 11.3 Å². The number of carbonyl (C=O) groups is 2. The lowest BCUT2D eigenvalue weighted by Crippen LogP contribution is -2.24. The molecule has 1 amide bonds. The van der Waals surface area contributed by atoms with Gasteiger partial charge in [0, 0.05) is 35.4 Å². The molecule has 0 aliphatic heterocycles. The predicted molar refractivity (Wildman–Crippen MR) is 99.4 cm³/mol. The lowest BCUT2D eigenvalue weighted by molar-refractivity contribution is -0.121. The Balaban J connectivity index is 1.57. The number of fused-ring (bicyclic) bond motifs is 1. The molecule has 0 aliphatic rings. The second-order valence-corrected chi connectivity index (χ2v) is 6.18. The zero-order chi connectivity index (χ0) is 18.5. The number of amides is 1. The SMILES string of the molecule is COc1ccccc1CNC(=O)CCC(=O)n1ncc2ccc(Cl)cc21. The number of para-hydroxylation sites is 1. The highest BCUT2D eigenvalue weighted by Gasteiger charge is 2.13. The van der Waals surface area contributed by atoms with E-state index < -0.39 is 0 Å². The van der Waals surface area contributed by atoms with Crippen LogP contribution in [0.25, 0.3) is 10.9 Å². The first-order valence-corrected chi connectivity index (χ1v) is 8.51. The number of nitrogens with zero attached hydrogens (tertiary/aromatic N) is 2. The number of methoxy groups -OCH3 is 1. The number of aromatic nitrogens is 2. The molecule has 0 saturated carbocycles. The predicted octanol–water partition coefficient (Wildman–Crippen LogP) is 3.44. The highest BCUT2D eigenvalue weighted by molar-refractivity contribution is 6.31. The Kier molecular flexibility index (Phi) is 5.53. The van der Waals surface area contributed by atoms with Gasteiger partial charge in [-0.15, -0.1) is 0 Å². The van der Waals surface area contributed by atoms with E-state index in [1.54, 1.807) is 31.5 Å². The lowest BCUT2D eigenvalue weighted by atomic mass is 10.2. The van der Waals surface area contributed by atoms with Crippen LogP contribution < -0.4 is 10.1 Å². The van der Waals surface area contributed by atoms with Crippen LogP contribution in [0.15, 0.2) is 48.7 Å². The molecule has 0 bridgehead atoms. The Labute approximate surface area is 155 Å². The Morgan fingerprint density at radius 3 is 2.81 bits per heavy atom. The van der Waals surface area contributed by atoms with Crippen LogP contribution in [0.1, 0.15) is 23.2 Å². The quantitative estimate of drug-likeness (QED) is 0.720. The maximum absolute atomic E-state index is 12.4. The maximum atomic E-state index is 12.4. The van der Waals surface area contributed by atoms with Crippen molar-refractivity contribution in [1.82, 2.24) is 15.1 Å². The molecule has 2 aromatic carbocycles.